The predicted octanol–water partition coefficient (Wildman–Crippen LogP) is 2.63. The van der Waals surface area contributed by atoms with Gasteiger partial charge in [-0.3, -0.25) is 10.1 Å². The van der Waals surface area contributed by atoms with Gasteiger partial charge in [-0.05, 0) is 24.8 Å². The van der Waals surface area contributed by atoms with Crippen molar-refractivity contribution >= 4 is 34.2 Å². The van der Waals surface area contributed by atoms with Gasteiger partial charge in [-0.15, -0.1) is 0 Å². The molecule has 1 aromatic rings. The van der Waals surface area contributed by atoms with Crippen molar-refractivity contribution in [1.82, 2.24) is 5.32 Å². The van der Waals surface area contributed by atoms with Crippen LogP contribution in [0.25, 0.3) is 0 Å². The van der Waals surface area contributed by atoms with E-state index in [1.165, 1.54) is 11.8 Å². The van der Waals surface area contributed by atoms with Crippen LogP contribution in [-0.2, 0) is 11.2 Å². The molecule has 0 atom stereocenters. The molecule has 1 heterocycles. The number of hydrogen-bond donors (Lipinski definition) is 2. The van der Waals surface area contributed by atoms with Crippen molar-refractivity contribution in [3.05, 3.63) is 23.8 Å². The number of carbonyl (C=O) groups is 1. The summed E-state index contributed by atoms with van der Waals surface area (Å²) >= 11 is 1.37. The third kappa shape index (κ3) is 2.78. The minimum absolute atomic E-state index is 0.0198. The van der Waals surface area contributed by atoms with Gasteiger partial charge in [0.2, 0.25) is 5.91 Å². The number of hydrogen-bond acceptors (Lipinski definition) is 4. The number of thioether (sulfide) groups is 1. The van der Waals surface area contributed by atoms with Crippen molar-refractivity contribution < 1.29 is 4.79 Å². The fourth-order valence-corrected chi connectivity index (χ4v) is 2.42. The molecule has 1 aliphatic rings. The lowest BCUT2D eigenvalue weighted by Gasteiger charge is -2.31. The molecule has 0 radical (unpaired) electrons. The Kier molecular flexibility index (Phi) is 4.00. The maximum absolute atomic E-state index is 12.0. The summed E-state index contributed by atoms with van der Waals surface area (Å²) in [6, 6.07) is 5.61. The Balaban J connectivity index is 2.46. The van der Waals surface area contributed by atoms with Crippen LogP contribution in [0.4, 0.5) is 11.4 Å². The lowest BCUT2D eigenvalue weighted by atomic mass is 9.81. The van der Waals surface area contributed by atoms with Gasteiger partial charge in [0.15, 0.2) is 11.4 Å². The van der Waals surface area contributed by atoms with E-state index in [-0.39, 0.29) is 5.91 Å². The first kappa shape index (κ1) is 14.4. The number of carbonyl (C=O) groups excluding carboxylic acids is 1. The number of aliphatic imine (C=N–C) groups is 1. The largest absolute Gasteiger partial charge is 0.325 e. The van der Waals surface area contributed by atoms with Crippen molar-refractivity contribution in [2.75, 3.05) is 11.6 Å². The highest BCUT2D eigenvalue weighted by Gasteiger charge is 2.34. The highest BCUT2D eigenvalue weighted by Crippen LogP contribution is 2.38. The Morgan fingerprint density at radius 3 is 2.95 bits per heavy atom. The summed E-state index contributed by atoms with van der Waals surface area (Å²) in [5.74, 6) is 0.0198. The fraction of sp³-hybridized carbons (Fsp3) is 0.357. The zero-order valence-electron chi connectivity index (χ0n) is 11.7. The van der Waals surface area contributed by atoms with Gasteiger partial charge in [0.25, 0.3) is 0 Å². The van der Waals surface area contributed by atoms with E-state index < -0.39 is 5.41 Å². The lowest BCUT2D eigenvalue weighted by molar-refractivity contribution is -0.124. The molecule has 0 saturated heterocycles. The molecule has 1 aliphatic heterocycles. The summed E-state index contributed by atoms with van der Waals surface area (Å²) in [4.78, 5) is 16.4. The monoisotopic (exact) mass is 288 g/mol. The van der Waals surface area contributed by atoms with Crippen LogP contribution in [-0.4, -0.2) is 17.3 Å². The van der Waals surface area contributed by atoms with E-state index in [9.17, 15) is 4.79 Å². The van der Waals surface area contributed by atoms with Gasteiger partial charge in [-0.1, -0.05) is 31.7 Å². The molecule has 0 bridgehead atoms. The number of nitriles is 1. The molecule has 6 heteroatoms. The molecular formula is C14H16N4OS. The number of rotatable bonds is 1. The van der Waals surface area contributed by atoms with Crippen LogP contribution < -0.4 is 10.6 Å². The van der Waals surface area contributed by atoms with Gasteiger partial charge >= 0.3 is 0 Å². The van der Waals surface area contributed by atoms with Crippen molar-refractivity contribution in [2.24, 2.45) is 10.4 Å². The third-order valence-electron chi connectivity index (χ3n) is 3.21. The first-order valence-corrected chi connectivity index (χ1v) is 7.41. The Hall–Kier alpha value is -2.00. The summed E-state index contributed by atoms with van der Waals surface area (Å²) in [7, 11) is 0. The van der Waals surface area contributed by atoms with Gasteiger partial charge in [0.1, 0.15) is 0 Å². The summed E-state index contributed by atoms with van der Waals surface area (Å²) in [5, 5.41) is 14.7. The van der Waals surface area contributed by atoms with E-state index in [4.69, 9.17) is 5.26 Å². The van der Waals surface area contributed by atoms with E-state index in [0.717, 1.165) is 16.9 Å². The highest BCUT2D eigenvalue weighted by molar-refractivity contribution is 8.13. The number of fused-ring (bicyclic) bond motifs is 1. The smallest absolute Gasteiger partial charge is 0.230 e. The Labute approximate surface area is 122 Å². The number of anilines is 1. The number of amides is 1. The van der Waals surface area contributed by atoms with Gasteiger partial charge in [0, 0.05) is 16.7 Å². The fourth-order valence-electron chi connectivity index (χ4n) is 2.08. The normalized spacial score (nSPS) is 16.9. The number of nitrogens with one attached hydrogen (secondary N) is 2. The minimum atomic E-state index is -0.458. The molecular weight excluding hydrogens is 272 g/mol. The standard InChI is InChI=1S/C14H16N4OS/c1-14(2)7-9-10(17-12(14)19)5-4-6-11(9)18-13(20-3)16-8-15/h4-6H,7H2,1-3H3,(H,16,18)(H,17,19). The van der Waals surface area contributed by atoms with Crippen molar-refractivity contribution in [3.8, 4) is 6.19 Å². The Morgan fingerprint density at radius 2 is 2.30 bits per heavy atom. The predicted molar refractivity (Wildman–Crippen MR) is 81.9 cm³/mol. The average Bonchev–Trinajstić information content (AvgIpc) is 2.40. The summed E-state index contributed by atoms with van der Waals surface area (Å²) in [6.45, 7) is 3.82. The third-order valence-corrected chi connectivity index (χ3v) is 3.79. The zero-order valence-corrected chi connectivity index (χ0v) is 12.5. The summed E-state index contributed by atoms with van der Waals surface area (Å²) in [5.41, 5.74) is 2.12. The average molecular weight is 288 g/mol. The van der Waals surface area contributed by atoms with Gasteiger partial charge < -0.3 is 5.32 Å². The van der Waals surface area contributed by atoms with E-state index >= 15 is 0 Å². The number of nitrogens with zero attached hydrogens (tertiary/aromatic N) is 2. The van der Waals surface area contributed by atoms with Gasteiger partial charge in [0.05, 0.1) is 5.69 Å². The van der Waals surface area contributed by atoms with Crippen molar-refractivity contribution in [2.45, 2.75) is 20.3 Å². The van der Waals surface area contributed by atoms with Crippen LogP contribution in [0.2, 0.25) is 0 Å². The molecule has 0 saturated carbocycles. The number of amidine groups is 1. The van der Waals surface area contributed by atoms with Crippen LogP contribution >= 0.6 is 11.8 Å². The molecule has 0 spiro atoms. The Morgan fingerprint density at radius 1 is 1.55 bits per heavy atom. The second-order valence-corrected chi connectivity index (χ2v) is 5.97. The van der Waals surface area contributed by atoms with Crippen LogP contribution in [0.15, 0.2) is 23.2 Å². The van der Waals surface area contributed by atoms with Crippen LogP contribution in [0, 0.1) is 16.9 Å². The first-order chi connectivity index (χ1) is 9.47. The molecule has 2 N–H and O–H groups in total. The van der Waals surface area contributed by atoms with Gasteiger partial charge in [-0.2, -0.15) is 5.26 Å². The second-order valence-electron chi connectivity index (χ2n) is 5.18. The molecule has 2 rings (SSSR count). The van der Waals surface area contributed by atoms with E-state index in [1.54, 1.807) is 0 Å². The minimum Gasteiger partial charge on any atom is -0.325 e. The molecule has 20 heavy (non-hydrogen) atoms. The second kappa shape index (κ2) is 5.55. The Bertz CT molecular complexity index is 616. The number of benzene rings is 1. The maximum Gasteiger partial charge on any atom is 0.230 e. The quantitative estimate of drug-likeness (QED) is 0.360. The highest BCUT2D eigenvalue weighted by atomic mass is 32.2. The molecule has 5 nitrogen and oxygen atoms in total. The summed E-state index contributed by atoms with van der Waals surface area (Å²) in [6.07, 6.45) is 4.35. The molecule has 0 aliphatic carbocycles. The van der Waals surface area contributed by atoms with Crippen molar-refractivity contribution in [3.63, 3.8) is 0 Å². The van der Waals surface area contributed by atoms with Gasteiger partial charge in [-0.25, -0.2) is 4.99 Å². The van der Waals surface area contributed by atoms with Crippen LogP contribution in [0.5, 0.6) is 0 Å². The SMILES string of the molecule is CSC(=Nc1cccc2c1CC(C)(C)C(=O)N2)NC#N. The summed E-state index contributed by atoms with van der Waals surface area (Å²) < 4.78 is 0. The van der Waals surface area contributed by atoms with Crippen LogP contribution in [0.1, 0.15) is 19.4 Å². The molecule has 104 valence electrons. The van der Waals surface area contributed by atoms with E-state index in [0.29, 0.717) is 11.6 Å². The molecule has 1 amide bonds. The zero-order chi connectivity index (χ0) is 14.8. The molecule has 1 aromatic carbocycles. The maximum atomic E-state index is 12.0. The topological polar surface area (TPSA) is 77.3 Å². The molecule has 0 aromatic heterocycles. The molecule has 0 fully saturated rings. The van der Waals surface area contributed by atoms with E-state index in [1.807, 2.05) is 44.5 Å². The van der Waals surface area contributed by atoms with Crippen LogP contribution in [0.3, 0.4) is 0 Å². The van der Waals surface area contributed by atoms with E-state index in [2.05, 4.69) is 15.6 Å². The van der Waals surface area contributed by atoms with Crippen molar-refractivity contribution in [1.29, 1.82) is 5.26 Å². The first-order valence-electron chi connectivity index (χ1n) is 6.19. The molecule has 0 unspecified atom stereocenters. The lowest BCUT2D eigenvalue weighted by Crippen LogP contribution is -2.37.